The van der Waals surface area contributed by atoms with Gasteiger partial charge in [-0.25, -0.2) is 13.1 Å². The summed E-state index contributed by atoms with van der Waals surface area (Å²) in [4.78, 5) is 28.8. The maximum absolute atomic E-state index is 12.0. The highest BCUT2D eigenvalue weighted by atomic mass is 32.2. The number of carbonyl (C=O) groups is 2. The first kappa shape index (κ1) is 16.4. The van der Waals surface area contributed by atoms with Gasteiger partial charge in [0, 0.05) is 31.4 Å². The van der Waals surface area contributed by atoms with Crippen molar-refractivity contribution in [3.8, 4) is 0 Å². The number of carboxylic acids is 1. The normalized spacial score (nSPS) is 21.8. The van der Waals surface area contributed by atoms with Gasteiger partial charge in [0.25, 0.3) is 0 Å². The average molecular weight is 327 g/mol. The average Bonchev–Trinajstić information content (AvgIpc) is 2.90. The van der Waals surface area contributed by atoms with Crippen LogP contribution in [0.2, 0.25) is 0 Å². The third-order valence-electron chi connectivity index (χ3n) is 3.59. The first-order valence-corrected chi connectivity index (χ1v) is 8.52. The van der Waals surface area contributed by atoms with Gasteiger partial charge in [-0.3, -0.25) is 14.6 Å². The fourth-order valence-corrected chi connectivity index (χ4v) is 2.88. The van der Waals surface area contributed by atoms with Crippen molar-refractivity contribution in [2.75, 3.05) is 25.9 Å². The second kappa shape index (κ2) is 6.41. The van der Waals surface area contributed by atoms with E-state index in [1.54, 1.807) is 24.5 Å². The summed E-state index contributed by atoms with van der Waals surface area (Å²) in [5.74, 6) is -2.51. The van der Waals surface area contributed by atoms with E-state index in [4.69, 9.17) is 0 Å². The predicted octanol–water partition coefficient (Wildman–Crippen LogP) is -0.743. The molecular formula is C13H17N3O5S. The minimum atomic E-state index is -3.47. The molecule has 0 radical (unpaired) electrons. The summed E-state index contributed by atoms with van der Waals surface area (Å²) in [5, 5.41) is 9.33. The number of carboxylic acid groups (broad SMARTS) is 1. The summed E-state index contributed by atoms with van der Waals surface area (Å²) in [7, 11) is -3.47. The van der Waals surface area contributed by atoms with Gasteiger partial charge in [-0.15, -0.1) is 0 Å². The number of nitrogens with zero attached hydrogens (tertiary/aromatic N) is 2. The lowest BCUT2D eigenvalue weighted by atomic mass is 9.90. The van der Waals surface area contributed by atoms with Crippen molar-refractivity contribution in [2.24, 2.45) is 5.92 Å². The Balaban J connectivity index is 2.11. The highest BCUT2D eigenvalue weighted by Crippen LogP contribution is 2.32. The molecule has 22 heavy (non-hydrogen) atoms. The summed E-state index contributed by atoms with van der Waals surface area (Å²) in [5.41, 5.74) is 0.751. The van der Waals surface area contributed by atoms with Crippen LogP contribution in [0.5, 0.6) is 0 Å². The molecule has 1 amide bonds. The third kappa shape index (κ3) is 4.01. The topological polar surface area (TPSA) is 117 Å². The standard InChI is InChI=1S/C13H17N3O5S/c1-22(20,21)15-6-12(17)16-7-10(11(8-16)13(18)19)9-3-2-4-14-5-9/h2-5,10-11,15H,6-8H2,1H3,(H,18,19)/t10-,11+/m1/s1. The van der Waals surface area contributed by atoms with Gasteiger partial charge in [-0.1, -0.05) is 6.07 Å². The second-order valence-corrected chi connectivity index (χ2v) is 7.06. The van der Waals surface area contributed by atoms with Crippen molar-refractivity contribution in [3.63, 3.8) is 0 Å². The van der Waals surface area contributed by atoms with Crippen LogP contribution in [-0.4, -0.2) is 61.2 Å². The molecule has 1 saturated heterocycles. The van der Waals surface area contributed by atoms with Gasteiger partial charge in [0.05, 0.1) is 18.7 Å². The Hall–Kier alpha value is -2.00. The minimum absolute atomic E-state index is 0.0547. The van der Waals surface area contributed by atoms with Gasteiger partial charge in [0.1, 0.15) is 0 Å². The number of rotatable bonds is 5. The smallest absolute Gasteiger partial charge is 0.308 e. The molecule has 0 spiro atoms. The third-order valence-corrected chi connectivity index (χ3v) is 4.26. The summed E-state index contributed by atoms with van der Waals surface area (Å²) in [6, 6.07) is 3.49. The van der Waals surface area contributed by atoms with Gasteiger partial charge < -0.3 is 10.0 Å². The molecular weight excluding hydrogens is 310 g/mol. The Morgan fingerprint density at radius 1 is 1.45 bits per heavy atom. The Bertz CT molecular complexity index is 662. The van der Waals surface area contributed by atoms with Crippen molar-refractivity contribution >= 4 is 21.9 Å². The van der Waals surface area contributed by atoms with Crippen LogP contribution in [-0.2, 0) is 19.6 Å². The van der Waals surface area contributed by atoms with Gasteiger partial charge in [-0.05, 0) is 11.6 Å². The van der Waals surface area contributed by atoms with E-state index in [1.165, 1.54) is 4.90 Å². The Morgan fingerprint density at radius 3 is 2.73 bits per heavy atom. The number of amides is 1. The van der Waals surface area contributed by atoms with E-state index in [-0.39, 0.29) is 25.6 Å². The molecule has 0 bridgehead atoms. The zero-order valence-electron chi connectivity index (χ0n) is 12.0. The number of nitrogens with one attached hydrogen (secondary N) is 1. The van der Waals surface area contributed by atoms with Gasteiger partial charge in [-0.2, -0.15) is 0 Å². The number of sulfonamides is 1. The number of carbonyl (C=O) groups excluding carboxylic acids is 1. The van der Waals surface area contributed by atoms with E-state index in [9.17, 15) is 23.1 Å². The van der Waals surface area contributed by atoms with E-state index in [0.717, 1.165) is 11.8 Å². The van der Waals surface area contributed by atoms with Crippen molar-refractivity contribution in [1.29, 1.82) is 0 Å². The molecule has 0 aliphatic carbocycles. The molecule has 2 atom stereocenters. The number of likely N-dealkylation sites (tertiary alicyclic amines) is 1. The quantitative estimate of drug-likeness (QED) is 0.735. The van der Waals surface area contributed by atoms with Gasteiger partial charge in [0.15, 0.2) is 0 Å². The number of aromatic nitrogens is 1. The first-order valence-electron chi connectivity index (χ1n) is 6.63. The van der Waals surface area contributed by atoms with Crippen molar-refractivity contribution < 1.29 is 23.1 Å². The maximum atomic E-state index is 12.0. The molecule has 1 aromatic heterocycles. The lowest BCUT2D eigenvalue weighted by Crippen LogP contribution is -2.39. The number of pyridine rings is 1. The van der Waals surface area contributed by atoms with Crippen LogP contribution in [0, 0.1) is 5.92 Å². The van der Waals surface area contributed by atoms with Gasteiger partial charge in [0.2, 0.25) is 15.9 Å². The molecule has 0 aromatic carbocycles. The van der Waals surface area contributed by atoms with Gasteiger partial charge >= 0.3 is 5.97 Å². The van der Waals surface area contributed by atoms with Crippen LogP contribution in [0.15, 0.2) is 24.5 Å². The highest BCUT2D eigenvalue weighted by molar-refractivity contribution is 7.88. The summed E-state index contributed by atoms with van der Waals surface area (Å²) >= 11 is 0. The molecule has 2 N–H and O–H groups in total. The zero-order valence-corrected chi connectivity index (χ0v) is 12.8. The van der Waals surface area contributed by atoms with E-state index in [1.807, 2.05) is 0 Å². The molecule has 0 unspecified atom stereocenters. The molecule has 8 nitrogen and oxygen atoms in total. The molecule has 9 heteroatoms. The molecule has 120 valence electrons. The van der Waals surface area contributed by atoms with E-state index < -0.39 is 27.8 Å². The van der Waals surface area contributed by atoms with Crippen molar-refractivity contribution in [3.05, 3.63) is 30.1 Å². The SMILES string of the molecule is CS(=O)(=O)NCC(=O)N1C[C@H](C(=O)O)[C@@H](c2cccnc2)C1. The number of hydrogen-bond donors (Lipinski definition) is 2. The fraction of sp³-hybridized carbons (Fsp3) is 0.462. The van der Waals surface area contributed by atoms with Crippen LogP contribution in [0.1, 0.15) is 11.5 Å². The van der Waals surface area contributed by atoms with E-state index in [2.05, 4.69) is 9.71 Å². The molecule has 2 heterocycles. The van der Waals surface area contributed by atoms with Crippen molar-refractivity contribution in [1.82, 2.24) is 14.6 Å². The van der Waals surface area contributed by atoms with E-state index in [0.29, 0.717) is 0 Å². The second-order valence-electron chi connectivity index (χ2n) is 5.23. The molecule has 1 fully saturated rings. The highest BCUT2D eigenvalue weighted by Gasteiger charge is 2.40. The molecule has 2 rings (SSSR count). The zero-order chi connectivity index (χ0) is 16.3. The molecule has 0 saturated carbocycles. The maximum Gasteiger partial charge on any atom is 0.308 e. The molecule has 1 aromatic rings. The minimum Gasteiger partial charge on any atom is -0.481 e. The van der Waals surface area contributed by atoms with Crippen LogP contribution in [0.25, 0.3) is 0 Å². The first-order chi connectivity index (χ1) is 10.3. The predicted molar refractivity (Wildman–Crippen MR) is 77.5 cm³/mol. The van der Waals surface area contributed by atoms with Crippen molar-refractivity contribution in [2.45, 2.75) is 5.92 Å². The lowest BCUT2D eigenvalue weighted by molar-refractivity contribution is -0.141. The van der Waals surface area contributed by atoms with Crippen LogP contribution < -0.4 is 4.72 Å². The fourth-order valence-electron chi connectivity index (χ4n) is 2.50. The van der Waals surface area contributed by atoms with Crippen LogP contribution in [0.4, 0.5) is 0 Å². The lowest BCUT2D eigenvalue weighted by Gasteiger charge is -2.16. The summed E-state index contributed by atoms with van der Waals surface area (Å²) < 4.78 is 24.2. The summed E-state index contributed by atoms with van der Waals surface area (Å²) in [6.07, 6.45) is 4.14. The Morgan fingerprint density at radius 2 is 2.18 bits per heavy atom. The number of aliphatic carboxylic acids is 1. The molecule has 1 aliphatic rings. The Kier molecular flexibility index (Phi) is 4.77. The van der Waals surface area contributed by atoms with E-state index >= 15 is 0 Å². The van der Waals surface area contributed by atoms with Crippen LogP contribution >= 0.6 is 0 Å². The summed E-state index contributed by atoms with van der Waals surface area (Å²) in [6.45, 7) is -0.0863. The molecule has 1 aliphatic heterocycles. The number of hydrogen-bond acceptors (Lipinski definition) is 5. The monoisotopic (exact) mass is 327 g/mol. The largest absolute Gasteiger partial charge is 0.481 e. The van der Waals surface area contributed by atoms with Crippen LogP contribution in [0.3, 0.4) is 0 Å². The Labute approximate surface area is 128 Å².